The summed E-state index contributed by atoms with van der Waals surface area (Å²) in [6.07, 6.45) is -0.0576. The SMILES string of the molecule is CC(C)(C)OC(=O)N1CCO[C@](CCO)(c2ccc(Cl)c(Cl)c2)C1. The molecule has 1 aliphatic heterocycles. The van der Waals surface area contributed by atoms with E-state index in [1.54, 1.807) is 17.0 Å². The summed E-state index contributed by atoms with van der Waals surface area (Å²) in [6, 6.07) is 5.22. The standard InChI is InChI=1S/C17H23Cl2NO4/c1-16(2,3)24-15(22)20-7-9-23-17(11-20,6-8-21)12-4-5-13(18)14(19)10-12/h4-5,10,21H,6-9,11H2,1-3H3/t17-/m0/s1. The van der Waals surface area contributed by atoms with Gasteiger partial charge < -0.3 is 19.5 Å². The number of rotatable bonds is 3. The van der Waals surface area contributed by atoms with Crippen molar-refractivity contribution in [3.05, 3.63) is 33.8 Å². The van der Waals surface area contributed by atoms with Gasteiger partial charge in [0.05, 0.1) is 23.2 Å². The maximum atomic E-state index is 12.4. The first kappa shape index (κ1) is 19.3. The molecular formula is C17H23Cl2NO4. The lowest BCUT2D eigenvalue weighted by molar-refractivity contribution is -0.123. The first-order valence-electron chi connectivity index (χ1n) is 7.85. The molecule has 1 aromatic carbocycles. The van der Waals surface area contributed by atoms with E-state index in [-0.39, 0.29) is 13.2 Å². The molecule has 134 valence electrons. The number of hydrogen-bond acceptors (Lipinski definition) is 4. The number of aliphatic hydroxyl groups is 1. The van der Waals surface area contributed by atoms with E-state index in [9.17, 15) is 9.90 Å². The zero-order valence-electron chi connectivity index (χ0n) is 14.1. The molecule has 0 saturated carbocycles. The molecule has 5 nitrogen and oxygen atoms in total. The third-order valence-electron chi connectivity index (χ3n) is 3.80. The molecule has 0 unspecified atom stereocenters. The smallest absolute Gasteiger partial charge is 0.410 e. The minimum absolute atomic E-state index is 0.0809. The monoisotopic (exact) mass is 375 g/mol. The molecule has 1 saturated heterocycles. The number of hydrogen-bond donors (Lipinski definition) is 1. The summed E-state index contributed by atoms with van der Waals surface area (Å²) in [5, 5.41) is 10.4. The average molecular weight is 376 g/mol. The topological polar surface area (TPSA) is 59.0 Å². The highest BCUT2D eigenvalue weighted by atomic mass is 35.5. The zero-order valence-corrected chi connectivity index (χ0v) is 15.7. The van der Waals surface area contributed by atoms with Crippen molar-refractivity contribution < 1.29 is 19.4 Å². The summed E-state index contributed by atoms with van der Waals surface area (Å²) in [4.78, 5) is 14.0. The quantitative estimate of drug-likeness (QED) is 0.871. The zero-order chi connectivity index (χ0) is 18.0. The Bertz CT molecular complexity index is 599. The first-order chi connectivity index (χ1) is 11.2. The van der Waals surface area contributed by atoms with Gasteiger partial charge in [-0.2, -0.15) is 0 Å². The van der Waals surface area contributed by atoms with E-state index < -0.39 is 17.3 Å². The second kappa shape index (κ2) is 7.48. The molecule has 7 heteroatoms. The van der Waals surface area contributed by atoms with Crippen molar-refractivity contribution in [1.29, 1.82) is 0 Å². The predicted octanol–water partition coefficient (Wildman–Crippen LogP) is 3.84. The summed E-state index contributed by atoms with van der Waals surface area (Å²) < 4.78 is 11.4. The molecule has 24 heavy (non-hydrogen) atoms. The second-order valence-electron chi connectivity index (χ2n) is 6.85. The minimum atomic E-state index is -0.835. The van der Waals surface area contributed by atoms with E-state index in [0.29, 0.717) is 29.6 Å². The third-order valence-corrected chi connectivity index (χ3v) is 4.54. The van der Waals surface area contributed by atoms with Crippen LogP contribution in [0.2, 0.25) is 10.0 Å². The van der Waals surface area contributed by atoms with Gasteiger partial charge in [0.15, 0.2) is 0 Å². The van der Waals surface area contributed by atoms with Gasteiger partial charge in [-0.25, -0.2) is 4.79 Å². The van der Waals surface area contributed by atoms with Crippen molar-refractivity contribution in [2.75, 3.05) is 26.3 Å². The summed E-state index contributed by atoms with van der Waals surface area (Å²) in [5.74, 6) is 0. The Morgan fingerprint density at radius 1 is 1.38 bits per heavy atom. The average Bonchev–Trinajstić information content (AvgIpc) is 2.49. The molecule has 1 aromatic rings. The molecule has 0 aliphatic carbocycles. The molecule has 1 atom stereocenters. The largest absolute Gasteiger partial charge is 0.444 e. The molecule has 0 aromatic heterocycles. The summed E-state index contributed by atoms with van der Waals surface area (Å²) in [6.45, 7) is 6.45. The number of aliphatic hydroxyl groups excluding tert-OH is 1. The van der Waals surface area contributed by atoms with Crippen molar-refractivity contribution in [2.24, 2.45) is 0 Å². The molecule has 1 aliphatic rings. The summed E-state index contributed by atoms with van der Waals surface area (Å²) in [7, 11) is 0. The van der Waals surface area contributed by atoms with E-state index in [1.807, 2.05) is 26.8 Å². The van der Waals surface area contributed by atoms with Gasteiger partial charge in [-0.05, 0) is 38.5 Å². The molecular weight excluding hydrogens is 353 g/mol. The molecule has 0 spiro atoms. The Labute approximate surface area is 152 Å². The van der Waals surface area contributed by atoms with Crippen LogP contribution in [0.4, 0.5) is 4.79 Å². The number of morpholine rings is 1. The third kappa shape index (κ3) is 4.54. The Balaban J connectivity index is 2.28. The lowest BCUT2D eigenvalue weighted by Gasteiger charge is -2.43. The number of carbonyl (C=O) groups is 1. The van der Waals surface area contributed by atoms with Gasteiger partial charge >= 0.3 is 6.09 Å². The molecule has 2 rings (SSSR count). The fourth-order valence-corrected chi connectivity index (χ4v) is 2.99. The van der Waals surface area contributed by atoms with Crippen LogP contribution in [0.1, 0.15) is 32.8 Å². The number of benzene rings is 1. The van der Waals surface area contributed by atoms with Gasteiger partial charge in [0, 0.05) is 19.6 Å². The molecule has 1 heterocycles. The number of carbonyl (C=O) groups excluding carboxylic acids is 1. The van der Waals surface area contributed by atoms with Crippen molar-refractivity contribution in [2.45, 2.75) is 38.4 Å². The highest BCUT2D eigenvalue weighted by Gasteiger charge is 2.41. The van der Waals surface area contributed by atoms with Gasteiger partial charge in [0.2, 0.25) is 0 Å². The van der Waals surface area contributed by atoms with Crippen LogP contribution in [0, 0.1) is 0 Å². The van der Waals surface area contributed by atoms with Gasteiger partial charge in [-0.3, -0.25) is 0 Å². The van der Waals surface area contributed by atoms with Crippen LogP contribution >= 0.6 is 23.2 Å². The van der Waals surface area contributed by atoms with E-state index >= 15 is 0 Å². The lowest BCUT2D eigenvalue weighted by atomic mass is 9.88. The molecule has 0 bridgehead atoms. The van der Waals surface area contributed by atoms with Gasteiger partial charge in [-0.1, -0.05) is 29.3 Å². The van der Waals surface area contributed by atoms with Crippen LogP contribution in [0.5, 0.6) is 0 Å². The Morgan fingerprint density at radius 2 is 2.08 bits per heavy atom. The number of nitrogens with zero attached hydrogens (tertiary/aromatic N) is 1. The fourth-order valence-electron chi connectivity index (χ4n) is 2.70. The van der Waals surface area contributed by atoms with Crippen molar-refractivity contribution in [3.63, 3.8) is 0 Å². The minimum Gasteiger partial charge on any atom is -0.444 e. The van der Waals surface area contributed by atoms with Crippen molar-refractivity contribution in [3.8, 4) is 0 Å². The van der Waals surface area contributed by atoms with Crippen LogP contribution in [-0.4, -0.2) is 48.0 Å². The highest BCUT2D eigenvalue weighted by Crippen LogP contribution is 2.36. The van der Waals surface area contributed by atoms with E-state index in [2.05, 4.69) is 0 Å². The summed E-state index contributed by atoms with van der Waals surface area (Å²) in [5.41, 5.74) is -0.629. The van der Waals surface area contributed by atoms with Gasteiger partial charge in [0.1, 0.15) is 11.2 Å². The Kier molecular flexibility index (Phi) is 6.02. The molecule has 1 amide bonds. The highest BCUT2D eigenvalue weighted by molar-refractivity contribution is 6.42. The van der Waals surface area contributed by atoms with E-state index in [0.717, 1.165) is 5.56 Å². The maximum Gasteiger partial charge on any atom is 0.410 e. The Hall–Kier alpha value is -1.01. The van der Waals surface area contributed by atoms with Gasteiger partial charge in [0.25, 0.3) is 0 Å². The van der Waals surface area contributed by atoms with Crippen LogP contribution in [-0.2, 0) is 15.1 Å². The van der Waals surface area contributed by atoms with Crippen LogP contribution in [0.25, 0.3) is 0 Å². The predicted molar refractivity (Wildman–Crippen MR) is 93.6 cm³/mol. The Morgan fingerprint density at radius 3 is 2.67 bits per heavy atom. The first-order valence-corrected chi connectivity index (χ1v) is 8.61. The van der Waals surface area contributed by atoms with Crippen molar-refractivity contribution >= 4 is 29.3 Å². The number of amides is 1. The van der Waals surface area contributed by atoms with Crippen LogP contribution in [0.15, 0.2) is 18.2 Å². The van der Waals surface area contributed by atoms with Gasteiger partial charge in [-0.15, -0.1) is 0 Å². The van der Waals surface area contributed by atoms with Crippen LogP contribution in [0.3, 0.4) is 0 Å². The fraction of sp³-hybridized carbons (Fsp3) is 0.588. The second-order valence-corrected chi connectivity index (χ2v) is 7.66. The molecule has 1 N–H and O–H groups in total. The van der Waals surface area contributed by atoms with E-state index in [4.69, 9.17) is 32.7 Å². The lowest BCUT2D eigenvalue weighted by Crippen LogP contribution is -2.53. The van der Waals surface area contributed by atoms with E-state index in [1.165, 1.54) is 0 Å². The van der Waals surface area contributed by atoms with Crippen LogP contribution < -0.4 is 0 Å². The maximum absolute atomic E-state index is 12.4. The molecule has 1 fully saturated rings. The number of ether oxygens (including phenoxy) is 2. The number of halogens is 2. The normalized spacial score (nSPS) is 21.7. The molecule has 0 radical (unpaired) electrons. The summed E-state index contributed by atoms with van der Waals surface area (Å²) >= 11 is 12.1. The van der Waals surface area contributed by atoms with Crippen molar-refractivity contribution in [1.82, 2.24) is 4.90 Å².